The SMILES string of the molecule is c1ccc(-c2cc(-c3ccccc3)cc(-c3cnc(-c4cccc5c4-c4ccc6c(c4C5)c4ccccc4n6-c4ccccc4)c(-c4nc(-c5ccccc5)nc(-c5ccccc5)n4)c3)c2)cc1. The number of pyridine rings is 1. The molecule has 0 bridgehead atoms. The number of nitrogens with zero attached hydrogens (tertiary/aromatic N) is 5. The number of para-hydroxylation sites is 2. The number of aromatic nitrogens is 5. The lowest BCUT2D eigenvalue weighted by Crippen LogP contribution is -2.02. The molecule has 0 N–H and O–H groups in total. The summed E-state index contributed by atoms with van der Waals surface area (Å²) in [5.74, 6) is 1.76. The van der Waals surface area contributed by atoms with Crippen LogP contribution in [0, 0.1) is 0 Å². The molecule has 0 spiro atoms. The molecule has 0 aliphatic heterocycles. The van der Waals surface area contributed by atoms with E-state index in [-0.39, 0.29) is 0 Å². The minimum Gasteiger partial charge on any atom is -0.309 e. The van der Waals surface area contributed by atoms with Gasteiger partial charge in [0.2, 0.25) is 0 Å². The molecule has 0 atom stereocenters. The van der Waals surface area contributed by atoms with Crippen LogP contribution in [0.2, 0.25) is 0 Å². The van der Waals surface area contributed by atoms with Gasteiger partial charge in [0.05, 0.1) is 16.7 Å². The Morgan fingerprint density at radius 3 is 1.50 bits per heavy atom. The molecule has 5 nitrogen and oxygen atoms in total. The molecular weight excluding hydrogens is 827 g/mol. The van der Waals surface area contributed by atoms with Gasteiger partial charge in [0.25, 0.3) is 0 Å². The third-order valence-corrected chi connectivity index (χ3v) is 13.3. The monoisotopic (exact) mass is 867 g/mol. The van der Waals surface area contributed by atoms with Crippen LogP contribution in [0.1, 0.15) is 11.1 Å². The van der Waals surface area contributed by atoms with Crippen LogP contribution in [0.5, 0.6) is 0 Å². The Morgan fingerprint density at radius 1 is 0.353 bits per heavy atom. The maximum Gasteiger partial charge on any atom is 0.166 e. The molecule has 13 rings (SSSR count). The van der Waals surface area contributed by atoms with Gasteiger partial charge in [-0.05, 0) is 105 Å². The standard InChI is InChI=1S/C63H41N5/c1-6-19-41(20-7-1)46-35-47(42-21-8-2-9-22-42)37-48(36-46)49-39-55(63-66-61(43-23-10-3-11-24-43)65-62(67-63)44-25-12-4-13-26-44)60(64-40-49)53-31-18-27-45-38-54-51(58(45)53)33-34-57-59(54)52-30-16-17-32-56(52)68(57)50-28-14-5-15-29-50/h1-37,39-40H,38H2. The minimum atomic E-state index is 0.557. The zero-order chi connectivity index (χ0) is 45.0. The van der Waals surface area contributed by atoms with E-state index in [2.05, 4.69) is 199 Å². The predicted octanol–water partition coefficient (Wildman–Crippen LogP) is 15.6. The first-order valence-corrected chi connectivity index (χ1v) is 23.1. The van der Waals surface area contributed by atoms with Crippen LogP contribution >= 0.6 is 0 Å². The second kappa shape index (κ2) is 16.4. The quantitative estimate of drug-likeness (QED) is 0.153. The van der Waals surface area contributed by atoms with E-state index in [0.29, 0.717) is 17.5 Å². The lowest BCUT2D eigenvalue weighted by Gasteiger charge is -2.17. The van der Waals surface area contributed by atoms with Crippen LogP contribution in [0.25, 0.3) is 117 Å². The normalized spacial score (nSPS) is 11.8. The fourth-order valence-electron chi connectivity index (χ4n) is 10.2. The van der Waals surface area contributed by atoms with E-state index in [4.69, 9.17) is 19.9 Å². The Bertz CT molecular complexity index is 3730. The summed E-state index contributed by atoms with van der Waals surface area (Å²) in [7, 11) is 0. The molecule has 0 radical (unpaired) electrons. The number of hydrogen-bond donors (Lipinski definition) is 0. The highest BCUT2D eigenvalue weighted by Crippen LogP contribution is 2.49. The molecule has 318 valence electrons. The fourth-order valence-corrected chi connectivity index (χ4v) is 10.2. The average molecular weight is 868 g/mol. The van der Waals surface area contributed by atoms with E-state index in [1.807, 2.05) is 42.6 Å². The first-order chi connectivity index (χ1) is 33.7. The van der Waals surface area contributed by atoms with Gasteiger partial charge in [-0.15, -0.1) is 0 Å². The summed E-state index contributed by atoms with van der Waals surface area (Å²) < 4.78 is 2.40. The number of fused-ring (bicyclic) bond motifs is 7. The van der Waals surface area contributed by atoms with Gasteiger partial charge < -0.3 is 4.57 Å². The van der Waals surface area contributed by atoms with Crippen LogP contribution in [-0.2, 0) is 6.42 Å². The van der Waals surface area contributed by atoms with Gasteiger partial charge in [0.15, 0.2) is 17.5 Å². The fraction of sp³-hybridized carbons (Fsp3) is 0.0159. The van der Waals surface area contributed by atoms with Crippen molar-refractivity contribution in [2.24, 2.45) is 0 Å². The zero-order valence-electron chi connectivity index (χ0n) is 37.0. The lowest BCUT2D eigenvalue weighted by molar-refractivity contribution is 1.07. The van der Waals surface area contributed by atoms with Crippen molar-refractivity contribution in [3.8, 4) is 95.6 Å². The van der Waals surface area contributed by atoms with Gasteiger partial charge in [-0.25, -0.2) is 15.0 Å². The van der Waals surface area contributed by atoms with E-state index in [9.17, 15) is 0 Å². The van der Waals surface area contributed by atoms with E-state index < -0.39 is 0 Å². The van der Waals surface area contributed by atoms with Crippen molar-refractivity contribution >= 4 is 21.8 Å². The Hall–Kier alpha value is -9.06. The number of rotatable bonds is 8. The van der Waals surface area contributed by atoms with Gasteiger partial charge in [0.1, 0.15) is 0 Å². The van der Waals surface area contributed by atoms with Crippen LogP contribution in [0.3, 0.4) is 0 Å². The van der Waals surface area contributed by atoms with Crippen molar-refractivity contribution in [3.63, 3.8) is 0 Å². The van der Waals surface area contributed by atoms with Crippen LogP contribution in [-0.4, -0.2) is 24.5 Å². The van der Waals surface area contributed by atoms with Crippen LogP contribution in [0.4, 0.5) is 0 Å². The molecule has 5 heteroatoms. The molecule has 0 fully saturated rings. The zero-order valence-corrected chi connectivity index (χ0v) is 37.0. The Kier molecular flexibility index (Phi) is 9.50. The second-order valence-electron chi connectivity index (χ2n) is 17.4. The Balaban J connectivity index is 1.06. The molecule has 3 heterocycles. The molecule has 0 saturated heterocycles. The largest absolute Gasteiger partial charge is 0.309 e. The topological polar surface area (TPSA) is 56.5 Å². The van der Waals surface area contributed by atoms with Crippen LogP contribution in [0.15, 0.2) is 237 Å². The smallest absolute Gasteiger partial charge is 0.166 e. The maximum atomic E-state index is 5.51. The van der Waals surface area contributed by atoms with Crippen molar-refractivity contribution in [1.29, 1.82) is 0 Å². The van der Waals surface area contributed by atoms with Crippen molar-refractivity contribution in [3.05, 3.63) is 248 Å². The van der Waals surface area contributed by atoms with Crippen molar-refractivity contribution in [2.45, 2.75) is 6.42 Å². The van der Waals surface area contributed by atoms with Crippen LogP contribution < -0.4 is 0 Å². The third kappa shape index (κ3) is 6.79. The van der Waals surface area contributed by atoms with E-state index in [1.54, 1.807) is 0 Å². The molecule has 3 aromatic heterocycles. The molecule has 1 aliphatic carbocycles. The number of benzene rings is 9. The summed E-state index contributed by atoms with van der Waals surface area (Å²) in [6.07, 6.45) is 2.84. The summed E-state index contributed by atoms with van der Waals surface area (Å²) in [5, 5.41) is 2.54. The highest BCUT2D eigenvalue weighted by atomic mass is 15.0. The lowest BCUT2D eigenvalue weighted by atomic mass is 9.91. The summed E-state index contributed by atoms with van der Waals surface area (Å²) >= 11 is 0. The highest BCUT2D eigenvalue weighted by molar-refractivity contribution is 6.14. The minimum absolute atomic E-state index is 0.557. The van der Waals surface area contributed by atoms with Crippen molar-refractivity contribution in [2.75, 3.05) is 0 Å². The predicted molar refractivity (Wildman–Crippen MR) is 278 cm³/mol. The maximum absolute atomic E-state index is 5.51. The van der Waals surface area contributed by atoms with Gasteiger partial charge in [-0.3, -0.25) is 4.98 Å². The number of hydrogen-bond acceptors (Lipinski definition) is 4. The summed E-state index contributed by atoms with van der Waals surface area (Å²) in [4.78, 5) is 21.3. The van der Waals surface area contributed by atoms with E-state index in [1.165, 1.54) is 44.1 Å². The molecule has 12 aromatic rings. The van der Waals surface area contributed by atoms with Gasteiger partial charge >= 0.3 is 0 Å². The Labute approximate surface area is 394 Å². The first-order valence-electron chi connectivity index (χ1n) is 23.1. The molecule has 9 aromatic carbocycles. The highest BCUT2D eigenvalue weighted by Gasteiger charge is 2.29. The van der Waals surface area contributed by atoms with E-state index in [0.717, 1.165) is 73.4 Å². The average Bonchev–Trinajstić information content (AvgIpc) is 3.98. The molecule has 0 unspecified atom stereocenters. The molecule has 0 amide bonds. The van der Waals surface area contributed by atoms with Gasteiger partial charge in [0, 0.05) is 50.5 Å². The third-order valence-electron chi connectivity index (χ3n) is 13.3. The van der Waals surface area contributed by atoms with Crippen molar-refractivity contribution in [1.82, 2.24) is 24.5 Å². The van der Waals surface area contributed by atoms with E-state index >= 15 is 0 Å². The second-order valence-corrected chi connectivity index (χ2v) is 17.4. The summed E-state index contributed by atoms with van der Waals surface area (Å²) in [6, 6.07) is 81.4. The van der Waals surface area contributed by atoms with Gasteiger partial charge in [-0.2, -0.15) is 0 Å². The molecule has 68 heavy (non-hydrogen) atoms. The molecular formula is C63H41N5. The molecule has 0 saturated carbocycles. The summed E-state index contributed by atoms with van der Waals surface area (Å²) in [6.45, 7) is 0. The Morgan fingerprint density at radius 2 is 0.882 bits per heavy atom. The van der Waals surface area contributed by atoms with Crippen molar-refractivity contribution < 1.29 is 0 Å². The molecule has 1 aliphatic rings. The summed E-state index contributed by atoms with van der Waals surface area (Å²) in [5.41, 5.74) is 19.6. The first kappa shape index (κ1) is 39.3. The van der Waals surface area contributed by atoms with Gasteiger partial charge in [-0.1, -0.05) is 182 Å².